The summed E-state index contributed by atoms with van der Waals surface area (Å²) >= 11 is 9.69. The van der Waals surface area contributed by atoms with Crippen LogP contribution in [0.4, 0.5) is 0 Å². The smallest absolute Gasteiger partial charge is 0.347 e. The highest BCUT2D eigenvalue weighted by Gasteiger charge is 2.21. The molecule has 0 saturated heterocycles. The summed E-state index contributed by atoms with van der Waals surface area (Å²) < 4.78 is 8.86. The fraction of sp³-hybridized carbons (Fsp3) is 0. The SMILES string of the molecule is O=C(OC(=O)c1csc2ccc(Br)cc12)c1csc2cc(Br)ccc12. The molecule has 2 aromatic heterocycles. The number of ether oxygens (including phenoxy) is 1. The molecule has 0 radical (unpaired) electrons. The van der Waals surface area contributed by atoms with E-state index in [4.69, 9.17) is 4.74 Å². The van der Waals surface area contributed by atoms with Gasteiger partial charge in [-0.2, -0.15) is 0 Å². The highest BCUT2D eigenvalue weighted by atomic mass is 79.9. The highest BCUT2D eigenvalue weighted by Crippen LogP contribution is 2.31. The van der Waals surface area contributed by atoms with E-state index in [1.54, 1.807) is 10.8 Å². The molecule has 0 bridgehead atoms. The van der Waals surface area contributed by atoms with Gasteiger partial charge in [-0.1, -0.05) is 37.9 Å². The van der Waals surface area contributed by atoms with Crippen molar-refractivity contribution in [3.8, 4) is 0 Å². The average molecular weight is 496 g/mol. The Hall–Kier alpha value is -1.54. The van der Waals surface area contributed by atoms with Gasteiger partial charge >= 0.3 is 11.9 Å². The first kappa shape index (κ1) is 16.9. The molecule has 0 aliphatic carbocycles. The van der Waals surface area contributed by atoms with Gasteiger partial charge in [0.15, 0.2) is 0 Å². The second kappa shape index (κ2) is 6.64. The Morgan fingerprint density at radius 2 is 1.36 bits per heavy atom. The summed E-state index contributed by atoms with van der Waals surface area (Å²) in [5.41, 5.74) is 0.804. The Labute approximate surface area is 167 Å². The quantitative estimate of drug-likeness (QED) is 0.231. The Kier molecular flexibility index (Phi) is 4.49. The Morgan fingerprint density at radius 3 is 2.12 bits per heavy atom. The summed E-state index contributed by atoms with van der Waals surface area (Å²) in [4.78, 5) is 24.9. The number of carbonyl (C=O) groups excluding carboxylic acids is 2. The fourth-order valence-electron chi connectivity index (χ4n) is 2.51. The van der Waals surface area contributed by atoms with E-state index in [0.29, 0.717) is 11.1 Å². The van der Waals surface area contributed by atoms with Gasteiger partial charge in [0.1, 0.15) is 0 Å². The molecule has 124 valence electrons. The predicted molar refractivity (Wildman–Crippen MR) is 109 cm³/mol. The molecule has 0 atom stereocenters. The van der Waals surface area contributed by atoms with Crippen LogP contribution in [0.25, 0.3) is 20.2 Å². The van der Waals surface area contributed by atoms with E-state index in [1.165, 1.54) is 22.7 Å². The zero-order chi connectivity index (χ0) is 17.6. The normalized spacial score (nSPS) is 11.1. The minimum Gasteiger partial charge on any atom is -0.386 e. The van der Waals surface area contributed by atoms with Crippen LogP contribution in [0, 0.1) is 0 Å². The van der Waals surface area contributed by atoms with E-state index in [-0.39, 0.29) is 0 Å². The van der Waals surface area contributed by atoms with Gasteiger partial charge in [0.05, 0.1) is 11.1 Å². The van der Waals surface area contributed by atoms with Crippen molar-refractivity contribution in [3.05, 3.63) is 67.2 Å². The van der Waals surface area contributed by atoms with Gasteiger partial charge in [-0.3, -0.25) is 0 Å². The molecule has 0 unspecified atom stereocenters. The van der Waals surface area contributed by atoms with E-state index >= 15 is 0 Å². The van der Waals surface area contributed by atoms with E-state index in [2.05, 4.69) is 31.9 Å². The average Bonchev–Trinajstić information content (AvgIpc) is 3.17. The van der Waals surface area contributed by atoms with E-state index in [9.17, 15) is 9.59 Å². The maximum Gasteiger partial charge on any atom is 0.347 e. The van der Waals surface area contributed by atoms with E-state index in [0.717, 1.165) is 29.1 Å². The zero-order valence-corrected chi connectivity index (χ0v) is 17.2. The summed E-state index contributed by atoms with van der Waals surface area (Å²) in [5.74, 6) is -1.27. The number of hydrogen-bond acceptors (Lipinski definition) is 5. The fourth-order valence-corrected chi connectivity index (χ4v) is 5.27. The van der Waals surface area contributed by atoms with Crippen molar-refractivity contribution in [2.24, 2.45) is 0 Å². The van der Waals surface area contributed by atoms with Crippen molar-refractivity contribution in [1.82, 2.24) is 0 Å². The van der Waals surface area contributed by atoms with Crippen LogP contribution in [0.2, 0.25) is 0 Å². The van der Waals surface area contributed by atoms with Crippen LogP contribution in [-0.4, -0.2) is 11.9 Å². The number of benzene rings is 2. The molecule has 3 nitrogen and oxygen atoms in total. The van der Waals surface area contributed by atoms with Crippen LogP contribution in [-0.2, 0) is 4.74 Å². The maximum absolute atomic E-state index is 12.5. The molecular formula is C18H8Br2O3S2. The van der Waals surface area contributed by atoms with E-state index < -0.39 is 11.9 Å². The van der Waals surface area contributed by atoms with Crippen LogP contribution in [0.15, 0.2) is 56.1 Å². The molecule has 4 rings (SSSR count). The number of carbonyl (C=O) groups is 2. The summed E-state index contributed by atoms with van der Waals surface area (Å²) in [5, 5.41) is 4.99. The Balaban J connectivity index is 1.65. The monoisotopic (exact) mass is 494 g/mol. The zero-order valence-electron chi connectivity index (χ0n) is 12.4. The molecule has 2 heterocycles. The van der Waals surface area contributed by atoms with Gasteiger partial charge < -0.3 is 4.74 Å². The van der Waals surface area contributed by atoms with Crippen LogP contribution >= 0.6 is 54.5 Å². The number of esters is 2. The van der Waals surface area contributed by atoms with Crippen molar-refractivity contribution in [3.63, 3.8) is 0 Å². The van der Waals surface area contributed by atoms with Crippen molar-refractivity contribution in [1.29, 1.82) is 0 Å². The lowest BCUT2D eigenvalue weighted by Gasteiger charge is -2.02. The Bertz CT molecular complexity index is 1140. The van der Waals surface area contributed by atoms with Crippen LogP contribution in [0.5, 0.6) is 0 Å². The standard InChI is InChI=1S/C18H8Br2O3S2/c19-9-2-4-15-12(5-9)14(8-24-15)18(22)23-17(21)13-7-25-16-6-10(20)1-3-11(13)16/h1-8H. The second-order valence-corrected chi connectivity index (χ2v) is 8.91. The first-order chi connectivity index (χ1) is 12.0. The first-order valence-corrected chi connectivity index (χ1v) is 10.5. The lowest BCUT2D eigenvalue weighted by atomic mass is 10.1. The lowest BCUT2D eigenvalue weighted by Crippen LogP contribution is -2.12. The molecule has 0 amide bonds. The molecule has 0 spiro atoms. The van der Waals surface area contributed by atoms with Gasteiger partial charge in [-0.15, -0.1) is 22.7 Å². The molecule has 0 saturated carbocycles. The number of fused-ring (bicyclic) bond motifs is 2. The van der Waals surface area contributed by atoms with Crippen molar-refractivity contribution in [2.45, 2.75) is 0 Å². The molecule has 25 heavy (non-hydrogen) atoms. The number of hydrogen-bond donors (Lipinski definition) is 0. The molecule has 0 aliphatic rings. The molecule has 0 fully saturated rings. The molecule has 4 aromatic rings. The van der Waals surface area contributed by atoms with Gasteiger partial charge in [0.25, 0.3) is 0 Å². The Morgan fingerprint density at radius 1 is 0.760 bits per heavy atom. The second-order valence-electron chi connectivity index (χ2n) is 5.26. The largest absolute Gasteiger partial charge is 0.386 e. The van der Waals surface area contributed by atoms with Gasteiger partial charge in [-0.05, 0) is 30.3 Å². The van der Waals surface area contributed by atoms with Crippen LogP contribution in [0.3, 0.4) is 0 Å². The summed E-state index contributed by atoms with van der Waals surface area (Å²) in [6, 6.07) is 11.3. The third-order valence-electron chi connectivity index (χ3n) is 3.70. The van der Waals surface area contributed by atoms with Gasteiger partial charge in [0.2, 0.25) is 0 Å². The highest BCUT2D eigenvalue weighted by molar-refractivity contribution is 9.10. The molecular weight excluding hydrogens is 488 g/mol. The minimum absolute atomic E-state index is 0.400. The summed E-state index contributed by atoms with van der Waals surface area (Å²) in [6.07, 6.45) is 0. The van der Waals surface area contributed by atoms with Crippen LogP contribution in [0.1, 0.15) is 20.7 Å². The third-order valence-corrected chi connectivity index (χ3v) is 6.59. The third kappa shape index (κ3) is 3.17. The number of rotatable bonds is 2. The molecule has 2 aromatic carbocycles. The van der Waals surface area contributed by atoms with Crippen molar-refractivity contribution >= 4 is 86.6 Å². The topological polar surface area (TPSA) is 43.4 Å². The first-order valence-electron chi connectivity index (χ1n) is 7.13. The van der Waals surface area contributed by atoms with Gasteiger partial charge in [-0.25, -0.2) is 9.59 Å². The minimum atomic E-state index is -0.634. The van der Waals surface area contributed by atoms with Crippen molar-refractivity contribution in [2.75, 3.05) is 0 Å². The molecule has 0 aliphatic heterocycles. The maximum atomic E-state index is 12.5. The lowest BCUT2D eigenvalue weighted by molar-refractivity contribution is 0.0401. The summed E-state index contributed by atoms with van der Waals surface area (Å²) in [6.45, 7) is 0. The number of halogens is 2. The number of thiophene rings is 2. The van der Waals surface area contributed by atoms with Gasteiger partial charge in [0, 0.05) is 39.9 Å². The molecule has 0 N–H and O–H groups in total. The molecule has 7 heteroatoms. The summed E-state index contributed by atoms with van der Waals surface area (Å²) in [7, 11) is 0. The predicted octanol–water partition coefficient (Wildman–Crippen LogP) is 6.64. The van der Waals surface area contributed by atoms with Crippen molar-refractivity contribution < 1.29 is 14.3 Å². The van der Waals surface area contributed by atoms with Crippen LogP contribution < -0.4 is 0 Å². The van der Waals surface area contributed by atoms with E-state index in [1.807, 2.05) is 36.4 Å².